The van der Waals surface area contributed by atoms with E-state index in [4.69, 9.17) is 0 Å². The molecule has 4 fully saturated rings. The van der Waals surface area contributed by atoms with Crippen LogP contribution in [-0.2, 0) is 11.2 Å². The number of fused-ring (bicyclic) bond motifs is 1. The van der Waals surface area contributed by atoms with Crippen LogP contribution in [0.3, 0.4) is 0 Å². The molecular weight excluding hydrogens is 406 g/mol. The van der Waals surface area contributed by atoms with Gasteiger partial charge in [-0.25, -0.2) is 0 Å². The minimum atomic E-state index is -0.0863. The zero-order valence-electron chi connectivity index (χ0n) is 20.1. The molecule has 4 bridgehead atoms. The molecular formula is C29H37N3O. The summed E-state index contributed by atoms with van der Waals surface area (Å²) < 4.78 is 0. The second kappa shape index (κ2) is 8.07. The van der Waals surface area contributed by atoms with Gasteiger partial charge in [0.15, 0.2) is 0 Å². The quantitative estimate of drug-likeness (QED) is 0.667. The highest BCUT2D eigenvalue weighted by molar-refractivity contribution is 5.83. The molecule has 0 aromatic heterocycles. The Labute approximate surface area is 198 Å². The van der Waals surface area contributed by atoms with Crippen LogP contribution in [0, 0.1) is 23.2 Å². The molecule has 7 rings (SSSR count). The monoisotopic (exact) mass is 443 g/mol. The second-order valence-electron chi connectivity index (χ2n) is 11.5. The predicted octanol–water partition coefficient (Wildman–Crippen LogP) is 5.19. The van der Waals surface area contributed by atoms with E-state index in [0.29, 0.717) is 12.5 Å². The van der Waals surface area contributed by atoms with Crippen molar-refractivity contribution in [1.82, 2.24) is 5.32 Å². The Morgan fingerprint density at radius 2 is 1.64 bits per heavy atom. The van der Waals surface area contributed by atoms with Gasteiger partial charge >= 0.3 is 0 Å². The van der Waals surface area contributed by atoms with Crippen LogP contribution >= 0.6 is 0 Å². The van der Waals surface area contributed by atoms with Crippen molar-refractivity contribution in [3.05, 3.63) is 59.7 Å². The van der Waals surface area contributed by atoms with Gasteiger partial charge in [-0.15, -0.1) is 0 Å². The Balaban J connectivity index is 1.25. The van der Waals surface area contributed by atoms with Gasteiger partial charge in [-0.1, -0.05) is 30.3 Å². The number of benzene rings is 2. The van der Waals surface area contributed by atoms with Crippen LogP contribution < -0.4 is 15.1 Å². The number of para-hydroxylation sites is 1. The van der Waals surface area contributed by atoms with Crippen molar-refractivity contribution in [3.8, 4) is 0 Å². The van der Waals surface area contributed by atoms with Crippen molar-refractivity contribution in [2.45, 2.75) is 51.0 Å². The predicted molar refractivity (Wildman–Crippen MR) is 135 cm³/mol. The Kier molecular flexibility index (Phi) is 5.15. The number of amides is 1. The smallest absolute Gasteiger partial charge is 0.226 e. The highest BCUT2D eigenvalue weighted by atomic mass is 16.2. The van der Waals surface area contributed by atoms with Gasteiger partial charge in [0.05, 0.1) is 6.04 Å². The van der Waals surface area contributed by atoms with Crippen LogP contribution in [0.15, 0.2) is 48.5 Å². The zero-order valence-corrected chi connectivity index (χ0v) is 20.1. The highest BCUT2D eigenvalue weighted by Gasteiger charge is 2.54. The maximum atomic E-state index is 13.7. The van der Waals surface area contributed by atoms with Crippen molar-refractivity contribution >= 4 is 17.3 Å². The largest absolute Gasteiger partial charge is 0.378 e. The third-order valence-corrected chi connectivity index (χ3v) is 9.07. The first-order valence-electron chi connectivity index (χ1n) is 12.9. The van der Waals surface area contributed by atoms with E-state index in [2.05, 4.69) is 77.7 Å². The number of anilines is 2. The van der Waals surface area contributed by atoms with E-state index in [0.717, 1.165) is 50.0 Å². The van der Waals surface area contributed by atoms with Crippen molar-refractivity contribution in [2.24, 2.45) is 23.2 Å². The lowest BCUT2D eigenvalue weighted by atomic mass is 9.49. The molecule has 4 nitrogen and oxygen atoms in total. The van der Waals surface area contributed by atoms with Crippen LogP contribution in [0.5, 0.6) is 0 Å². The standard InChI is InChI=1S/C29H37N3O/c1-31(2)25-9-7-24(8-10-25)27(32-12-11-23-5-3-4-6-26(23)32)19-30-28(33)29-16-20-13-21(17-29)15-22(14-20)18-29/h3-10,20-22,27H,11-19H2,1-2H3,(H,30,33)/t20?,21?,22?,27-,29?/m1/s1. The molecule has 2 aromatic rings. The summed E-state index contributed by atoms with van der Waals surface area (Å²) >= 11 is 0. The molecule has 4 saturated carbocycles. The number of rotatable bonds is 6. The third-order valence-electron chi connectivity index (χ3n) is 9.07. The van der Waals surface area contributed by atoms with E-state index < -0.39 is 0 Å². The fourth-order valence-electron chi connectivity index (χ4n) is 7.86. The first-order valence-corrected chi connectivity index (χ1v) is 12.9. The van der Waals surface area contributed by atoms with Gasteiger partial charge in [0.2, 0.25) is 5.91 Å². The lowest BCUT2D eigenvalue weighted by Gasteiger charge is -2.55. The van der Waals surface area contributed by atoms with E-state index in [9.17, 15) is 4.79 Å². The summed E-state index contributed by atoms with van der Waals surface area (Å²) in [6, 6.07) is 17.8. The Morgan fingerprint density at radius 3 is 2.27 bits per heavy atom. The third kappa shape index (κ3) is 3.72. The molecule has 1 N–H and O–H groups in total. The van der Waals surface area contributed by atoms with Gasteiger partial charge in [0.25, 0.3) is 0 Å². The van der Waals surface area contributed by atoms with E-state index in [1.54, 1.807) is 0 Å². The summed E-state index contributed by atoms with van der Waals surface area (Å²) in [6.07, 6.45) is 8.57. The molecule has 0 saturated heterocycles. The average Bonchev–Trinajstić information content (AvgIpc) is 3.22. The van der Waals surface area contributed by atoms with Gasteiger partial charge in [0, 0.05) is 44.0 Å². The summed E-state index contributed by atoms with van der Waals surface area (Å²) in [5.41, 5.74) is 5.14. The first kappa shape index (κ1) is 21.1. The minimum Gasteiger partial charge on any atom is -0.378 e. The van der Waals surface area contributed by atoms with Gasteiger partial charge in [-0.2, -0.15) is 0 Å². The molecule has 1 aliphatic heterocycles. The van der Waals surface area contributed by atoms with Crippen molar-refractivity contribution in [3.63, 3.8) is 0 Å². The first-order chi connectivity index (χ1) is 16.0. The molecule has 2 aromatic carbocycles. The lowest BCUT2D eigenvalue weighted by Crippen LogP contribution is -2.54. The maximum absolute atomic E-state index is 13.7. The van der Waals surface area contributed by atoms with Crippen molar-refractivity contribution in [2.75, 3.05) is 37.0 Å². The molecule has 4 heteroatoms. The number of carbonyl (C=O) groups excluding carboxylic acids is 1. The summed E-state index contributed by atoms with van der Waals surface area (Å²) in [6.45, 7) is 1.68. The van der Waals surface area contributed by atoms with Crippen LogP contribution in [0.1, 0.15) is 55.7 Å². The minimum absolute atomic E-state index is 0.0863. The van der Waals surface area contributed by atoms with Crippen LogP contribution in [0.2, 0.25) is 0 Å². The molecule has 0 spiro atoms. The number of carbonyl (C=O) groups is 1. The summed E-state index contributed by atoms with van der Waals surface area (Å²) in [7, 11) is 4.16. The van der Waals surface area contributed by atoms with Crippen LogP contribution in [0.25, 0.3) is 0 Å². The van der Waals surface area contributed by atoms with Crippen molar-refractivity contribution < 1.29 is 4.79 Å². The van der Waals surface area contributed by atoms with Crippen LogP contribution in [0.4, 0.5) is 11.4 Å². The van der Waals surface area contributed by atoms with E-state index >= 15 is 0 Å². The summed E-state index contributed by atoms with van der Waals surface area (Å²) in [4.78, 5) is 18.4. The second-order valence-corrected chi connectivity index (χ2v) is 11.5. The molecule has 174 valence electrons. The van der Waals surface area contributed by atoms with Gasteiger partial charge < -0.3 is 15.1 Å². The fraction of sp³-hybridized carbons (Fsp3) is 0.552. The van der Waals surface area contributed by atoms with Gasteiger partial charge in [-0.3, -0.25) is 4.79 Å². The topological polar surface area (TPSA) is 35.6 Å². The van der Waals surface area contributed by atoms with E-state index in [1.165, 1.54) is 41.8 Å². The number of nitrogens with one attached hydrogen (secondary N) is 1. The zero-order chi connectivity index (χ0) is 22.6. The summed E-state index contributed by atoms with van der Waals surface area (Å²) in [5.74, 6) is 2.72. The normalized spacial score (nSPS) is 30.2. The number of hydrogen-bond donors (Lipinski definition) is 1. The number of nitrogens with zero attached hydrogens (tertiary/aromatic N) is 2. The average molecular weight is 444 g/mol. The molecule has 5 aliphatic rings. The summed E-state index contributed by atoms with van der Waals surface area (Å²) in [5, 5.41) is 3.49. The molecule has 4 aliphatic carbocycles. The molecule has 33 heavy (non-hydrogen) atoms. The molecule has 0 unspecified atom stereocenters. The molecule has 0 radical (unpaired) electrons. The Hall–Kier alpha value is -2.49. The Bertz CT molecular complexity index is 992. The highest BCUT2D eigenvalue weighted by Crippen LogP contribution is 2.60. The van der Waals surface area contributed by atoms with Crippen LogP contribution in [-0.4, -0.2) is 33.1 Å². The number of hydrogen-bond acceptors (Lipinski definition) is 3. The molecule has 1 atom stereocenters. The Morgan fingerprint density at radius 1 is 1.00 bits per heavy atom. The maximum Gasteiger partial charge on any atom is 0.226 e. The van der Waals surface area contributed by atoms with Gasteiger partial charge in [-0.05, 0) is 92.0 Å². The molecule has 1 heterocycles. The van der Waals surface area contributed by atoms with E-state index in [-0.39, 0.29) is 11.5 Å². The fourth-order valence-corrected chi connectivity index (χ4v) is 7.86. The lowest BCUT2D eigenvalue weighted by molar-refractivity contribution is -0.146. The van der Waals surface area contributed by atoms with E-state index in [1.807, 2.05) is 0 Å². The molecule has 1 amide bonds. The van der Waals surface area contributed by atoms with Crippen molar-refractivity contribution in [1.29, 1.82) is 0 Å². The SMILES string of the molecule is CN(C)c1ccc([C@@H](CNC(=O)C23CC4CC(CC(C4)C2)C3)N2CCc3ccccc32)cc1. The van der Waals surface area contributed by atoms with Gasteiger partial charge in [0.1, 0.15) is 0 Å².